The molecule has 2 rings (SSSR count). The van der Waals surface area contributed by atoms with Gasteiger partial charge in [-0.05, 0) is 78.2 Å². The van der Waals surface area contributed by atoms with Crippen LogP contribution in [0.25, 0.3) is 0 Å². The van der Waals surface area contributed by atoms with Gasteiger partial charge in [0.25, 0.3) is 0 Å². The number of aromatic nitrogens is 1. The number of nitrogens with one attached hydrogen (secondary N) is 1. The lowest BCUT2D eigenvalue weighted by Crippen LogP contribution is -2.56. The molecule has 1 aromatic heterocycles. The molecule has 1 unspecified atom stereocenters. The summed E-state index contributed by atoms with van der Waals surface area (Å²) in [6.45, 7) is 9.71. The summed E-state index contributed by atoms with van der Waals surface area (Å²) in [4.78, 5) is 7.01. The second kappa shape index (κ2) is 5.82. The monoisotopic (exact) mass is 275 g/mol. The Bertz CT molecular complexity index is 452. The van der Waals surface area contributed by atoms with Crippen molar-refractivity contribution in [2.24, 2.45) is 0 Å². The minimum Gasteiger partial charge on any atom is -0.308 e. The second-order valence-corrected chi connectivity index (χ2v) is 6.65. The van der Waals surface area contributed by atoms with E-state index >= 15 is 0 Å². The molecular formula is C17H29N3. The quantitative estimate of drug-likeness (QED) is 0.895. The number of pyridine rings is 1. The lowest BCUT2D eigenvalue weighted by atomic mass is 9.75. The topological polar surface area (TPSA) is 28.2 Å². The first-order valence-electron chi connectivity index (χ1n) is 7.71. The van der Waals surface area contributed by atoms with Gasteiger partial charge in [0.1, 0.15) is 0 Å². The van der Waals surface area contributed by atoms with Gasteiger partial charge < -0.3 is 10.2 Å². The molecule has 1 aliphatic rings. The van der Waals surface area contributed by atoms with Crippen LogP contribution in [0, 0.1) is 20.8 Å². The number of likely N-dealkylation sites (N-methyl/N-ethyl adjacent to an activating group) is 1. The Kier molecular flexibility index (Phi) is 4.50. The van der Waals surface area contributed by atoms with Crippen LogP contribution in [0.2, 0.25) is 0 Å². The Morgan fingerprint density at radius 3 is 2.40 bits per heavy atom. The molecule has 0 spiro atoms. The lowest BCUT2D eigenvalue weighted by Gasteiger charge is -2.48. The number of rotatable bonds is 5. The summed E-state index contributed by atoms with van der Waals surface area (Å²) in [5.74, 6) is 0. The predicted molar refractivity (Wildman–Crippen MR) is 85.1 cm³/mol. The Labute approximate surface area is 123 Å². The Hall–Kier alpha value is -0.930. The average molecular weight is 275 g/mol. The van der Waals surface area contributed by atoms with E-state index < -0.39 is 0 Å². The second-order valence-electron chi connectivity index (χ2n) is 6.65. The van der Waals surface area contributed by atoms with Crippen molar-refractivity contribution in [3.63, 3.8) is 0 Å². The SMILES string of the molecule is Cc1cc(C)c(C(C)NCC2(N(C)C)CCC2)c(C)n1. The molecule has 112 valence electrons. The highest BCUT2D eigenvalue weighted by molar-refractivity contribution is 5.33. The predicted octanol–water partition coefficient (Wildman–Crippen LogP) is 3.14. The van der Waals surface area contributed by atoms with Gasteiger partial charge >= 0.3 is 0 Å². The van der Waals surface area contributed by atoms with Crippen LogP contribution in [0.15, 0.2) is 6.07 Å². The maximum absolute atomic E-state index is 4.62. The fourth-order valence-corrected chi connectivity index (χ4v) is 3.50. The largest absolute Gasteiger partial charge is 0.308 e. The summed E-state index contributed by atoms with van der Waals surface area (Å²) in [5.41, 5.74) is 5.36. The van der Waals surface area contributed by atoms with E-state index in [1.54, 1.807) is 0 Å². The highest BCUT2D eigenvalue weighted by Crippen LogP contribution is 2.36. The standard InChI is InChI=1S/C17H29N3/c1-12-10-13(2)19-15(4)16(12)14(3)18-11-17(20(5)6)8-7-9-17/h10,14,18H,7-9,11H2,1-6H3. The fraction of sp³-hybridized carbons (Fsp3) is 0.706. The number of hydrogen-bond acceptors (Lipinski definition) is 3. The van der Waals surface area contributed by atoms with Crippen molar-refractivity contribution in [2.45, 2.75) is 58.5 Å². The summed E-state index contributed by atoms with van der Waals surface area (Å²) in [6, 6.07) is 2.55. The van der Waals surface area contributed by atoms with Crippen LogP contribution in [0.1, 0.15) is 54.7 Å². The first kappa shape index (κ1) is 15.5. The van der Waals surface area contributed by atoms with Gasteiger partial charge in [-0.25, -0.2) is 0 Å². The molecule has 1 atom stereocenters. The van der Waals surface area contributed by atoms with E-state index in [4.69, 9.17) is 0 Å². The van der Waals surface area contributed by atoms with Crippen LogP contribution in [0.3, 0.4) is 0 Å². The van der Waals surface area contributed by atoms with Gasteiger partial charge in [-0.3, -0.25) is 4.98 Å². The van der Waals surface area contributed by atoms with Gasteiger partial charge in [0.15, 0.2) is 0 Å². The molecule has 0 amide bonds. The van der Waals surface area contributed by atoms with Gasteiger partial charge in [-0.1, -0.05) is 0 Å². The average Bonchev–Trinajstić information content (AvgIpc) is 2.25. The van der Waals surface area contributed by atoms with Gasteiger partial charge in [-0.15, -0.1) is 0 Å². The van der Waals surface area contributed by atoms with E-state index in [1.807, 2.05) is 0 Å². The number of hydrogen-bond donors (Lipinski definition) is 1. The van der Waals surface area contributed by atoms with Crippen LogP contribution in [-0.4, -0.2) is 36.1 Å². The smallest absolute Gasteiger partial charge is 0.0426 e. The Balaban J connectivity index is 2.07. The van der Waals surface area contributed by atoms with Gasteiger partial charge in [0.2, 0.25) is 0 Å². The number of aryl methyl sites for hydroxylation is 3. The van der Waals surface area contributed by atoms with Crippen molar-refractivity contribution < 1.29 is 0 Å². The minimum atomic E-state index is 0.362. The third-order valence-electron chi connectivity index (χ3n) is 4.99. The summed E-state index contributed by atoms with van der Waals surface area (Å²) >= 11 is 0. The van der Waals surface area contributed by atoms with E-state index in [2.05, 4.69) is 63.1 Å². The van der Waals surface area contributed by atoms with E-state index in [0.717, 1.165) is 17.9 Å². The molecule has 0 aliphatic heterocycles. The molecule has 0 bridgehead atoms. The molecule has 3 heteroatoms. The third kappa shape index (κ3) is 2.89. The lowest BCUT2D eigenvalue weighted by molar-refractivity contribution is 0.0576. The maximum Gasteiger partial charge on any atom is 0.0426 e. The summed E-state index contributed by atoms with van der Waals surface area (Å²) in [5, 5.41) is 3.74. The molecule has 0 saturated heterocycles. The van der Waals surface area contributed by atoms with Gasteiger partial charge in [0, 0.05) is 29.5 Å². The highest BCUT2D eigenvalue weighted by Gasteiger charge is 2.38. The molecule has 20 heavy (non-hydrogen) atoms. The molecule has 1 aliphatic carbocycles. The Morgan fingerprint density at radius 1 is 1.30 bits per heavy atom. The van der Waals surface area contributed by atoms with Gasteiger partial charge in [-0.2, -0.15) is 0 Å². The molecular weight excluding hydrogens is 246 g/mol. The van der Waals surface area contributed by atoms with Crippen molar-refractivity contribution in [3.8, 4) is 0 Å². The van der Waals surface area contributed by atoms with Crippen molar-refractivity contribution in [3.05, 3.63) is 28.6 Å². The van der Waals surface area contributed by atoms with E-state index in [0.29, 0.717) is 11.6 Å². The normalized spacial score (nSPS) is 18.9. The van der Waals surface area contributed by atoms with Crippen LogP contribution in [0.5, 0.6) is 0 Å². The molecule has 0 radical (unpaired) electrons. The van der Waals surface area contributed by atoms with E-state index in [1.165, 1.54) is 30.4 Å². The maximum atomic E-state index is 4.62. The zero-order valence-corrected chi connectivity index (χ0v) is 13.9. The molecule has 3 nitrogen and oxygen atoms in total. The van der Waals surface area contributed by atoms with Crippen LogP contribution in [0.4, 0.5) is 0 Å². The molecule has 1 N–H and O–H groups in total. The molecule has 0 aromatic carbocycles. The molecule has 1 saturated carbocycles. The van der Waals surface area contributed by atoms with E-state index in [-0.39, 0.29) is 0 Å². The van der Waals surface area contributed by atoms with Crippen LogP contribution >= 0.6 is 0 Å². The summed E-state index contributed by atoms with van der Waals surface area (Å²) < 4.78 is 0. The Morgan fingerprint density at radius 2 is 1.95 bits per heavy atom. The minimum absolute atomic E-state index is 0.362. The first-order chi connectivity index (χ1) is 9.35. The third-order valence-corrected chi connectivity index (χ3v) is 4.99. The molecule has 1 fully saturated rings. The molecule has 1 aromatic rings. The van der Waals surface area contributed by atoms with Crippen molar-refractivity contribution in [1.82, 2.24) is 15.2 Å². The van der Waals surface area contributed by atoms with Crippen molar-refractivity contribution in [1.29, 1.82) is 0 Å². The highest BCUT2D eigenvalue weighted by atomic mass is 15.2. The summed E-state index contributed by atoms with van der Waals surface area (Å²) in [7, 11) is 4.41. The van der Waals surface area contributed by atoms with Gasteiger partial charge in [0.05, 0.1) is 0 Å². The zero-order chi connectivity index (χ0) is 14.9. The van der Waals surface area contributed by atoms with E-state index in [9.17, 15) is 0 Å². The van der Waals surface area contributed by atoms with Crippen LogP contribution in [-0.2, 0) is 0 Å². The molecule has 1 heterocycles. The zero-order valence-electron chi connectivity index (χ0n) is 13.9. The van der Waals surface area contributed by atoms with Crippen molar-refractivity contribution >= 4 is 0 Å². The first-order valence-corrected chi connectivity index (χ1v) is 7.71. The number of nitrogens with zero attached hydrogens (tertiary/aromatic N) is 2. The fourth-order valence-electron chi connectivity index (χ4n) is 3.50. The summed E-state index contributed by atoms with van der Waals surface area (Å²) in [6.07, 6.45) is 3.98. The van der Waals surface area contributed by atoms with Crippen molar-refractivity contribution in [2.75, 3.05) is 20.6 Å². The van der Waals surface area contributed by atoms with Crippen LogP contribution < -0.4 is 5.32 Å².